The second kappa shape index (κ2) is 2.62. The largest absolute Gasteiger partial charge is 0.592 e. The number of nitro groups is 2. The first kappa shape index (κ1) is 8.14. The molecule has 8 nitrogen and oxygen atoms in total. The summed E-state index contributed by atoms with van der Waals surface area (Å²) in [6.07, 6.45) is 0. The molecule has 54 valence electrons. The van der Waals surface area contributed by atoms with Crippen LogP contribution < -0.4 is 0 Å². The summed E-state index contributed by atoms with van der Waals surface area (Å²) in [5.41, 5.74) is 0. The molecule has 0 saturated heterocycles. The number of carbonyl (C=O) groups excluding carboxylic acids is 2. The Kier molecular flexibility index (Phi) is 2.13. The van der Waals surface area contributed by atoms with E-state index in [4.69, 9.17) is 0 Å². The lowest BCUT2D eigenvalue weighted by Gasteiger charge is -1.79. The molecule has 0 fully saturated rings. The molecule has 0 aliphatic rings. The topological polar surface area (TPSA) is 120 Å². The summed E-state index contributed by atoms with van der Waals surface area (Å²) in [6.45, 7) is 0. The Hall–Kier alpha value is -1.86. The fourth-order valence-corrected chi connectivity index (χ4v) is 0.156. The van der Waals surface area contributed by atoms with Crippen LogP contribution in [0.4, 0.5) is 0 Å². The summed E-state index contributed by atoms with van der Waals surface area (Å²) in [5.74, 6) is -4.46. The van der Waals surface area contributed by atoms with Crippen LogP contribution in [-0.4, -0.2) is 21.7 Å². The van der Waals surface area contributed by atoms with Crippen molar-refractivity contribution in [2.75, 3.05) is 0 Å². The summed E-state index contributed by atoms with van der Waals surface area (Å²) in [5, 5.41) is 18.8. The van der Waals surface area contributed by atoms with Gasteiger partial charge in [-0.1, -0.05) is 0 Å². The quantitative estimate of drug-likeness (QED) is 0.236. The summed E-state index contributed by atoms with van der Waals surface area (Å²) >= 11 is 0. The zero-order valence-corrected chi connectivity index (χ0v) is 4.34. The van der Waals surface area contributed by atoms with Gasteiger partial charge in [-0.05, 0) is 0 Å². The minimum atomic E-state index is -2.23. The molecule has 0 bridgehead atoms. The predicted molar refractivity (Wildman–Crippen MR) is 24.0 cm³/mol. The Morgan fingerprint density at radius 3 is 1.20 bits per heavy atom. The van der Waals surface area contributed by atoms with E-state index in [2.05, 4.69) is 0 Å². The molecule has 0 radical (unpaired) electrons. The van der Waals surface area contributed by atoms with Crippen LogP contribution in [0, 0.1) is 20.2 Å². The summed E-state index contributed by atoms with van der Waals surface area (Å²) in [4.78, 5) is 35.0. The first-order valence-electron chi connectivity index (χ1n) is 1.84. The lowest BCUT2D eigenvalue weighted by Crippen LogP contribution is -2.28. The van der Waals surface area contributed by atoms with Gasteiger partial charge in [0.15, 0.2) is 0 Å². The molecule has 0 rings (SSSR count). The molecule has 10 heavy (non-hydrogen) atoms. The minimum absolute atomic E-state index is 1.65. The fraction of sp³-hybridized carbons (Fsp3) is 0. The first-order valence-corrected chi connectivity index (χ1v) is 1.84. The molecule has 0 spiro atoms. The average Bonchev–Trinajstić information content (AvgIpc) is 1.84. The van der Waals surface area contributed by atoms with E-state index in [0.717, 1.165) is 0 Å². The molecule has 0 unspecified atom stereocenters. The third kappa shape index (κ3) is 1.58. The third-order valence-corrected chi connectivity index (χ3v) is 0.515. The highest BCUT2D eigenvalue weighted by Gasteiger charge is 2.38. The van der Waals surface area contributed by atoms with E-state index in [-0.39, 0.29) is 0 Å². The number of rotatable bonds is 0. The average molecular weight is 148 g/mol. The van der Waals surface area contributed by atoms with Crippen molar-refractivity contribution in [1.29, 1.82) is 0 Å². The molecule has 0 aromatic rings. The molecule has 0 aromatic heterocycles. The fourth-order valence-electron chi connectivity index (χ4n) is 0.156. The van der Waals surface area contributed by atoms with E-state index in [9.17, 15) is 29.8 Å². The minimum Gasteiger partial charge on any atom is -0.255 e. The smallest absolute Gasteiger partial charge is 0.255 e. The maximum atomic E-state index is 9.79. The zero-order valence-electron chi connectivity index (χ0n) is 4.34. The maximum Gasteiger partial charge on any atom is 0.592 e. The Morgan fingerprint density at radius 1 is 0.900 bits per heavy atom. The van der Waals surface area contributed by atoms with Crippen molar-refractivity contribution in [3.63, 3.8) is 0 Å². The van der Waals surface area contributed by atoms with Gasteiger partial charge >= 0.3 is 11.8 Å². The van der Waals surface area contributed by atoms with Crippen molar-refractivity contribution >= 4 is 11.8 Å². The Morgan fingerprint density at radius 2 is 1.10 bits per heavy atom. The van der Waals surface area contributed by atoms with Crippen LogP contribution in [0.15, 0.2) is 0 Å². The van der Waals surface area contributed by atoms with E-state index >= 15 is 0 Å². The summed E-state index contributed by atoms with van der Waals surface area (Å²) in [6, 6.07) is 0. The van der Waals surface area contributed by atoms with Gasteiger partial charge in [-0.2, -0.15) is 9.59 Å². The van der Waals surface area contributed by atoms with Gasteiger partial charge in [0.2, 0.25) is 0 Å². The lowest BCUT2D eigenvalue weighted by atomic mass is 10.6. The van der Waals surface area contributed by atoms with Crippen LogP contribution in [0.3, 0.4) is 0 Å². The zero-order chi connectivity index (χ0) is 8.31. The van der Waals surface area contributed by atoms with Crippen LogP contribution in [0.5, 0.6) is 0 Å². The van der Waals surface area contributed by atoms with Crippen LogP contribution in [0.1, 0.15) is 0 Å². The molecule has 0 aliphatic heterocycles. The molecule has 0 heterocycles. The molecule has 2 amide bonds. The molecular formula is C2N2O6. The highest BCUT2D eigenvalue weighted by atomic mass is 16.7. The van der Waals surface area contributed by atoms with Gasteiger partial charge in [0.25, 0.3) is 0 Å². The van der Waals surface area contributed by atoms with Crippen LogP contribution in [0.2, 0.25) is 0 Å². The van der Waals surface area contributed by atoms with Gasteiger partial charge in [-0.25, -0.2) is 0 Å². The van der Waals surface area contributed by atoms with Crippen LogP contribution in [0.25, 0.3) is 0 Å². The molecule has 0 aromatic carbocycles. The Bertz CT molecular complexity index is 194. The highest BCUT2D eigenvalue weighted by Crippen LogP contribution is 1.78. The highest BCUT2D eigenvalue weighted by molar-refractivity contribution is 6.27. The van der Waals surface area contributed by atoms with Gasteiger partial charge in [-0.15, -0.1) is 0 Å². The van der Waals surface area contributed by atoms with E-state index in [1.54, 1.807) is 0 Å². The number of carbonyl (C=O) groups is 2. The van der Waals surface area contributed by atoms with Crippen molar-refractivity contribution < 1.29 is 19.4 Å². The third-order valence-electron chi connectivity index (χ3n) is 0.515. The molecular weight excluding hydrogens is 148 g/mol. The normalized spacial score (nSPS) is 8.40. The van der Waals surface area contributed by atoms with E-state index in [0.29, 0.717) is 0 Å². The van der Waals surface area contributed by atoms with Crippen molar-refractivity contribution in [3.8, 4) is 0 Å². The number of nitrogens with zero attached hydrogens (tertiary/aromatic N) is 2. The maximum absolute atomic E-state index is 9.79. The molecule has 8 heteroatoms. The molecule has 0 aliphatic carbocycles. The first-order chi connectivity index (χ1) is 4.46. The second-order valence-electron chi connectivity index (χ2n) is 1.12. The van der Waals surface area contributed by atoms with E-state index < -0.39 is 21.7 Å². The number of hydrogen-bond donors (Lipinski definition) is 0. The lowest BCUT2D eigenvalue weighted by molar-refractivity contribution is -0.437. The number of amides is 2. The molecule has 0 atom stereocenters. The monoisotopic (exact) mass is 148 g/mol. The van der Waals surface area contributed by atoms with Gasteiger partial charge in [0, 0.05) is 0 Å². The SMILES string of the molecule is O=C(C(=O)[N+](=O)[O-])[N+](=O)[O-]. The van der Waals surface area contributed by atoms with Gasteiger partial charge in [0.05, 0.1) is 0 Å². The van der Waals surface area contributed by atoms with Gasteiger partial charge < -0.3 is 0 Å². The number of hydrogen-bond acceptors (Lipinski definition) is 6. The molecule has 0 saturated carbocycles. The van der Waals surface area contributed by atoms with Crippen molar-refractivity contribution in [2.45, 2.75) is 0 Å². The molecule has 0 N–H and O–H groups in total. The van der Waals surface area contributed by atoms with E-state index in [1.165, 1.54) is 0 Å². The van der Waals surface area contributed by atoms with Crippen LogP contribution >= 0.6 is 0 Å². The predicted octanol–water partition coefficient (Wildman–Crippen LogP) is -1.41. The van der Waals surface area contributed by atoms with Crippen LogP contribution in [-0.2, 0) is 9.59 Å². The standard InChI is InChI=1S/C2N2O6/c5-1(3(7)8)2(6)4(9)10. The summed E-state index contributed by atoms with van der Waals surface area (Å²) in [7, 11) is 0. The van der Waals surface area contributed by atoms with Crippen molar-refractivity contribution in [3.05, 3.63) is 20.2 Å². The van der Waals surface area contributed by atoms with Gasteiger partial charge in [0.1, 0.15) is 9.85 Å². The van der Waals surface area contributed by atoms with Crippen molar-refractivity contribution in [1.82, 2.24) is 0 Å². The van der Waals surface area contributed by atoms with Gasteiger partial charge in [-0.3, -0.25) is 20.2 Å². The second-order valence-corrected chi connectivity index (χ2v) is 1.12. The summed E-state index contributed by atoms with van der Waals surface area (Å²) < 4.78 is 0. The Labute approximate surface area is 52.7 Å². The van der Waals surface area contributed by atoms with E-state index in [1.807, 2.05) is 0 Å². The van der Waals surface area contributed by atoms with Crippen molar-refractivity contribution in [2.24, 2.45) is 0 Å². The Balaban J connectivity index is 4.39.